The second kappa shape index (κ2) is 12.9. The van der Waals surface area contributed by atoms with Crippen LogP contribution in [0.3, 0.4) is 0 Å². The third-order valence-corrected chi connectivity index (χ3v) is 4.50. The Bertz CT molecular complexity index is 938. The predicted octanol–water partition coefficient (Wildman–Crippen LogP) is 4.36. The lowest BCUT2D eigenvalue weighted by molar-refractivity contribution is -0.131. The fourth-order valence-electron chi connectivity index (χ4n) is 2.98. The topological polar surface area (TPSA) is 122 Å². The van der Waals surface area contributed by atoms with Crippen LogP contribution in [0.5, 0.6) is 5.75 Å². The largest absolute Gasteiger partial charge is 0.491 e. The van der Waals surface area contributed by atoms with Crippen molar-refractivity contribution < 1.29 is 34.1 Å². The van der Waals surface area contributed by atoms with Crippen LogP contribution in [0.1, 0.15) is 48.2 Å². The van der Waals surface area contributed by atoms with Crippen molar-refractivity contribution in [2.75, 3.05) is 18.5 Å². The minimum absolute atomic E-state index is 0.0735. The van der Waals surface area contributed by atoms with E-state index >= 15 is 0 Å². The Kier molecular flexibility index (Phi) is 9.93. The Morgan fingerprint density at radius 1 is 1.09 bits per heavy atom. The molecule has 0 aromatic heterocycles. The molecule has 0 aliphatic heterocycles. The van der Waals surface area contributed by atoms with Crippen LogP contribution in [-0.4, -0.2) is 41.3 Å². The Morgan fingerprint density at radius 3 is 2.47 bits per heavy atom. The fourth-order valence-corrected chi connectivity index (χ4v) is 2.98. The number of rotatable bonds is 12. The Balaban J connectivity index is 2.12. The summed E-state index contributed by atoms with van der Waals surface area (Å²) < 4.78 is 11.2. The first-order chi connectivity index (χ1) is 15.4. The van der Waals surface area contributed by atoms with Gasteiger partial charge in [-0.1, -0.05) is 24.3 Å². The van der Waals surface area contributed by atoms with Crippen LogP contribution in [-0.2, 0) is 9.53 Å². The standard InChI is InChI=1S/C24H27NO7/c1-17(27)18-11-13-19(14-12-18)25-24(30)32-22(9-3-2-4-10-23(28)29)20-7-5-6-8-21(20)31-16-15-26/h4-8,10-14,22,26H,2-3,9,15-16H2,1H3,(H,25,30)(H,28,29)/b10-4+/t22-/m1/s1. The Morgan fingerprint density at radius 2 is 1.81 bits per heavy atom. The van der Waals surface area contributed by atoms with Gasteiger partial charge in [0.2, 0.25) is 0 Å². The van der Waals surface area contributed by atoms with Crippen molar-refractivity contribution in [2.45, 2.75) is 32.3 Å². The zero-order valence-corrected chi connectivity index (χ0v) is 17.8. The number of carboxylic acids is 1. The van der Waals surface area contributed by atoms with Crippen molar-refractivity contribution >= 4 is 23.5 Å². The average Bonchev–Trinajstić information content (AvgIpc) is 2.77. The first-order valence-electron chi connectivity index (χ1n) is 10.2. The number of aliphatic hydroxyl groups excluding tert-OH is 1. The van der Waals surface area contributed by atoms with E-state index in [2.05, 4.69) is 5.32 Å². The molecule has 32 heavy (non-hydrogen) atoms. The van der Waals surface area contributed by atoms with Crippen molar-refractivity contribution in [3.63, 3.8) is 0 Å². The molecule has 1 amide bonds. The molecule has 0 radical (unpaired) electrons. The van der Waals surface area contributed by atoms with E-state index in [0.717, 1.165) is 6.08 Å². The van der Waals surface area contributed by atoms with E-state index < -0.39 is 18.2 Å². The molecule has 0 fully saturated rings. The molecule has 3 N–H and O–H groups in total. The number of aliphatic carboxylic acids is 1. The molecular weight excluding hydrogens is 414 g/mol. The smallest absolute Gasteiger partial charge is 0.412 e. The van der Waals surface area contributed by atoms with Gasteiger partial charge in [0.25, 0.3) is 0 Å². The summed E-state index contributed by atoms with van der Waals surface area (Å²) in [5.41, 5.74) is 1.66. The highest BCUT2D eigenvalue weighted by Gasteiger charge is 2.20. The number of anilines is 1. The highest BCUT2D eigenvalue weighted by molar-refractivity contribution is 5.95. The fraction of sp³-hybridized carbons (Fsp3) is 0.292. The number of unbranched alkanes of at least 4 members (excludes halogenated alkanes) is 1. The van der Waals surface area contributed by atoms with Crippen LogP contribution in [0.15, 0.2) is 60.7 Å². The van der Waals surface area contributed by atoms with Crippen LogP contribution in [0.25, 0.3) is 0 Å². The summed E-state index contributed by atoms with van der Waals surface area (Å²) in [4.78, 5) is 34.6. The Labute approximate surface area is 186 Å². The van der Waals surface area contributed by atoms with Crippen LogP contribution in [0, 0.1) is 0 Å². The molecular formula is C24H27NO7. The van der Waals surface area contributed by atoms with Gasteiger partial charge in [0.1, 0.15) is 18.5 Å². The molecule has 0 unspecified atom stereocenters. The third kappa shape index (κ3) is 8.23. The first-order valence-corrected chi connectivity index (χ1v) is 10.2. The number of hydrogen-bond donors (Lipinski definition) is 3. The number of nitrogens with one attached hydrogen (secondary N) is 1. The molecule has 8 heteroatoms. The van der Waals surface area contributed by atoms with Gasteiger partial charge in [-0.2, -0.15) is 0 Å². The van der Waals surface area contributed by atoms with Crippen LogP contribution >= 0.6 is 0 Å². The summed E-state index contributed by atoms with van der Waals surface area (Å²) in [7, 11) is 0. The SMILES string of the molecule is CC(=O)c1ccc(NC(=O)O[C@H](CCC/C=C/C(=O)O)c2ccccc2OCCO)cc1. The highest BCUT2D eigenvalue weighted by atomic mass is 16.6. The van der Waals surface area contributed by atoms with Gasteiger partial charge >= 0.3 is 12.1 Å². The number of ketones is 1. The number of carbonyl (C=O) groups excluding carboxylic acids is 2. The van der Waals surface area contributed by atoms with E-state index in [9.17, 15) is 14.4 Å². The molecule has 170 valence electrons. The number of carbonyl (C=O) groups is 3. The number of ether oxygens (including phenoxy) is 2. The molecule has 8 nitrogen and oxygen atoms in total. The molecule has 2 rings (SSSR count). The number of hydrogen-bond acceptors (Lipinski definition) is 6. The molecule has 2 aromatic rings. The molecule has 1 atom stereocenters. The van der Waals surface area contributed by atoms with Gasteiger partial charge in [0.05, 0.1) is 6.61 Å². The number of Topliss-reactive ketones (excluding diaryl/α,β-unsaturated/α-hetero) is 1. The summed E-state index contributed by atoms with van der Waals surface area (Å²) in [5.74, 6) is -0.599. The van der Waals surface area contributed by atoms with Crippen molar-refractivity contribution in [2.24, 2.45) is 0 Å². The van der Waals surface area contributed by atoms with E-state index in [0.29, 0.717) is 41.8 Å². The minimum atomic E-state index is -1.02. The lowest BCUT2D eigenvalue weighted by Gasteiger charge is -2.21. The van der Waals surface area contributed by atoms with E-state index in [1.54, 1.807) is 54.6 Å². The van der Waals surface area contributed by atoms with Gasteiger partial charge in [0.15, 0.2) is 5.78 Å². The number of carboxylic acid groups (broad SMARTS) is 1. The first kappa shape index (κ1) is 24.6. The van der Waals surface area contributed by atoms with Gasteiger partial charge in [-0.25, -0.2) is 9.59 Å². The summed E-state index contributed by atoms with van der Waals surface area (Å²) in [6.45, 7) is 1.40. The quantitative estimate of drug-likeness (QED) is 0.254. The van der Waals surface area contributed by atoms with Crippen molar-refractivity contribution in [3.8, 4) is 5.75 Å². The second-order valence-corrected chi connectivity index (χ2v) is 6.93. The van der Waals surface area contributed by atoms with E-state index in [1.165, 1.54) is 6.92 Å². The zero-order valence-electron chi connectivity index (χ0n) is 17.8. The number of benzene rings is 2. The lowest BCUT2D eigenvalue weighted by atomic mass is 10.0. The minimum Gasteiger partial charge on any atom is -0.491 e. The maximum Gasteiger partial charge on any atom is 0.412 e. The van der Waals surface area contributed by atoms with E-state index in [4.69, 9.17) is 19.7 Å². The normalized spacial score (nSPS) is 11.7. The maximum absolute atomic E-state index is 12.5. The van der Waals surface area contributed by atoms with Crippen LogP contribution in [0.4, 0.5) is 10.5 Å². The summed E-state index contributed by atoms with van der Waals surface area (Å²) in [6.07, 6.45) is 2.79. The molecule has 0 saturated heterocycles. The van der Waals surface area contributed by atoms with Crippen molar-refractivity contribution in [1.82, 2.24) is 0 Å². The van der Waals surface area contributed by atoms with Crippen LogP contribution < -0.4 is 10.1 Å². The predicted molar refractivity (Wildman–Crippen MR) is 119 cm³/mol. The maximum atomic E-state index is 12.5. The van der Waals surface area contributed by atoms with E-state index in [1.807, 2.05) is 0 Å². The second-order valence-electron chi connectivity index (χ2n) is 6.93. The zero-order chi connectivity index (χ0) is 23.3. The molecule has 2 aromatic carbocycles. The molecule has 0 aliphatic rings. The van der Waals surface area contributed by atoms with Gasteiger partial charge < -0.3 is 19.7 Å². The molecule has 0 heterocycles. The van der Waals surface area contributed by atoms with Gasteiger partial charge in [0, 0.05) is 22.9 Å². The number of aliphatic hydroxyl groups is 1. The lowest BCUT2D eigenvalue weighted by Crippen LogP contribution is -2.18. The third-order valence-electron chi connectivity index (χ3n) is 4.50. The summed E-state index contributed by atoms with van der Waals surface area (Å²) >= 11 is 0. The molecule has 0 aliphatic carbocycles. The van der Waals surface area contributed by atoms with Gasteiger partial charge in [-0.05, 0) is 56.5 Å². The molecule has 0 spiro atoms. The van der Waals surface area contributed by atoms with Gasteiger partial charge in [-0.3, -0.25) is 10.1 Å². The highest BCUT2D eigenvalue weighted by Crippen LogP contribution is 2.32. The van der Waals surface area contributed by atoms with E-state index in [-0.39, 0.29) is 19.0 Å². The number of amides is 1. The van der Waals surface area contributed by atoms with Crippen LogP contribution in [0.2, 0.25) is 0 Å². The number of para-hydroxylation sites is 1. The van der Waals surface area contributed by atoms with Crippen molar-refractivity contribution in [1.29, 1.82) is 0 Å². The summed E-state index contributed by atoms with van der Waals surface area (Å²) in [6, 6.07) is 13.5. The van der Waals surface area contributed by atoms with Gasteiger partial charge in [-0.15, -0.1) is 0 Å². The molecule has 0 bridgehead atoms. The molecule has 0 saturated carbocycles. The van der Waals surface area contributed by atoms with Crippen molar-refractivity contribution in [3.05, 3.63) is 71.8 Å². The monoisotopic (exact) mass is 441 g/mol. The Hall–Kier alpha value is -3.65. The average molecular weight is 441 g/mol. The summed E-state index contributed by atoms with van der Waals surface area (Å²) in [5, 5.41) is 20.4. The number of allylic oxidation sites excluding steroid dienone is 1.